The van der Waals surface area contributed by atoms with E-state index < -0.39 is 24.4 Å². The maximum absolute atomic E-state index is 12.7. The number of anilines is 2. The molecule has 204 valence electrons. The third-order valence-corrected chi connectivity index (χ3v) is 7.54. The number of aryl methyl sites for hydroxylation is 2. The fourth-order valence-corrected chi connectivity index (χ4v) is 4.78. The Labute approximate surface area is 237 Å². The van der Waals surface area contributed by atoms with E-state index in [1.165, 1.54) is 5.56 Å². The summed E-state index contributed by atoms with van der Waals surface area (Å²) in [4.78, 5) is 39.2. The van der Waals surface area contributed by atoms with Crippen LogP contribution < -0.4 is 15.0 Å². The molecule has 8 heteroatoms. The predicted molar refractivity (Wildman–Crippen MR) is 155 cm³/mol. The predicted octanol–water partition coefficient (Wildman–Crippen LogP) is 6.69. The summed E-state index contributed by atoms with van der Waals surface area (Å²) in [5, 5.41) is 2.77. The van der Waals surface area contributed by atoms with E-state index >= 15 is 0 Å². The van der Waals surface area contributed by atoms with Crippen molar-refractivity contribution in [1.82, 2.24) is 0 Å². The zero-order valence-electron chi connectivity index (χ0n) is 22.8. The molecule has 3 aromatic rings. The van der Waals surface area contributed by atoms with Gasteiger partial charge in [0.25, 0.3) is 5.91 Å². The SMILES string of the molecule is Cc1cc(NC(=O)COC(=O)[C@H]2CC(=O)N(c3ccc(Oc4ccc(C(C)(C)C)cc4)cc3)C2)c(C)cc1Br. The highest BCUT2D eigenvalue weighted by atomic mass is 79.9. The van der Waals surface area contributed by atoms with E-state index in [1.807, 2.05) is 38.1 Å². The molecule has 1 atom stereocenters. The summed E-state index contributed by atoms with van der Waals surface area (Å²) >= 11 is 3.46. The number of carbonyl (C=O) groups is 3. The minimum Gasteiger partial charge on any atom is -0.457 e. The van der Waals surface area contributed by atoms with Gasteiger partial charge < -0.3 is 19.7 Å². The third-order valence-electron chi connectivity index (χ3n) is 6.69. The first-order valence-electron chi connectivity index (χ1n) is 12.8. The smallest absolute Gasteiger partial charge is 0.311 e. The van der Waals surface area contributed by atoms with Gasteiger partial charge in [-0.15, -0.1) is 0 Å². The summed E-state index contributed by atoms with van der Waals surface area (Å²) < 4.78 is 12.1. The largest absolute Gasteiger partial charge is 0.457 e. The number of esters is 1. The first-order chi connectivity index (χ1) is 18.4. The molecule has 0 saturated carbocycles. The molecule has 0 aliphatic carbocycles. The standard InChI is InChI=1S/C31H33BrN2O5/c1-19-15-27(20(2)14-26(19)32)33-28(35)18-38-30(37)21-16-29(36)34(17-21)23-8-12-25(13-9-23)39-24-10-6-22(7-11-24)31(3,4)5/h6-15,21H,16-18H2,1-5H3,(H,33,35)/t21-/m0/s1. The van der Waals surface area contributed by atoms with Crippen molar-refractivity contribution in [3.05, 3.63) is 81.8 Å². The number of amides is 2. The number of benzene rings is 3. The van der Waals surface area contributed by atoms with Gasteiger partial charge in [0.1, 0.15) is 11.5 Å². The van der Waals surface area contributed by atoms with Crippen molar-refractivity contribution < 1.29 is 23.9 Å². The van der Waals surface area contributed by atoms with Crippen molar-refractivity contribution in [3.8, 4) is 11.5 Å². The monoisotopic (exact) mass is 592 g/mol. The molecule has 7 nitrogen and oxygen atoms in total. The summed E-state index contributed by atoms with van der Waals surface area (Å²) in [6, 6.07) is 18.9. The number of hydrogen-bond acceptors (Lipinski definition) is 5. The topological polar surface area (TPSA) is 84.9 Å². The van der Waals surface area contributed by atoms with Gasteiger partial charge in [0.15, 0.2) is 6.61 Å². The van der Waals surface area contributed by atoms with Crippen LogP contribution in [-0.2, 0) is 24.5 Å². The van der Waals surface area contributed by atoms with Crippen molar-refractivity contribution in [2.75, 3.05) is 23.4 Å². The van der Waals surface area contributed by atoms with E-state index in [4.69, 9.17) is 9.47 Å². The van der Waals surface area contributed by atoms with Gasteiger partial charge in [-0.25, -0.2) is 0 Å². The molecule has 0 spiro atoms. The summed E-state index contributed by atoms with van der Waals surface area (Å²) in [7, 11) is 0. The summed E-state index contributed by atoms with van der Waals surface area (Å²) in [5.41, 5.74) is 4.49. The zero-order valence-corrected chi connectivity index (χ0v) is 24.4. The second-order valence-corrected chi connectivity index (χ2v) is 11.7. The van der Waals surface area contributed by atoms with Gasteiger partial charge in [-0.2, -0.15) is 0 Å². The molecule has 4 rings (SSSR count). The van der Waals surface area contributed by atoms with Crippen LogP contribution in [0, 0.1) is 19.8 Å². The summed E-state index contributed by atoms with van der Waals surface area (Å²) in [6.45, 7) is 10.1. The molecule has 0 unspecified atom stereocenters. The average Bonchev–Trinajstić information content (AvgIpc) is 3.27. The van der Waals surface area contributed by atoms with Gasteiger partial charge in [0, 0.05) is 28.8 Å². The highest BCUT2D eigenvalue weighted by molar-refractivity contribution is 9.10. The van der Waals surface area contributed by atoms with E-state index in [0.29, 0.717) is 17.1 Å². The molecule has 1 fully saturated rings. The third kappa shape index (κ3) is 7.06. The Bertz CT molecular complexity index is 1380. The van der Waals surface area contributed by atoms with Crippen molar-refractivity contribution in [2.24, 2.45) is 5.92 Å². The lowest BCUT2D eigenvalue weighted by Crippen LogP contribution is -2.28. The number of nitrogens with zero attached hydrogens (tertiary/aromatic N) is 1. The van der Waals surface area contributed by atoms with Gasteiger partial charge in [0.2, 0.25) is 5.91 Å². The van der Waals surface area contributed by atoms with Crippen molar-refractivity contribution in [2.45, 2.75) is 46.5 Å². The van der Waals surface area contributed by atoms with E-state index in [2.05, 4.69) is 54.2 Å². The molecule has 1 N–H and O–H groups in total. The first kappa shape index (κ1) is 28.4. The van der Waals surface area contributed by atoms with Gasteiger partial charge in [0.05, 0.1) is 5.92 Å². The Morgan fingerprint density at radius 1 is 0.974 bits per heavy atom. The van der Waals surface area contributed by atoms with Crippen LogP contribution in [0.25, 0.3) is 0 Å². The Morgan fingerprint density at radius 3 is 2.21 bits per heavy atom. The molecule has 0 radical (unpaired) electrons. The van der Waals surface area contributed by atoms with Gasteiger partial charge in [-0.3, -0.25) is 14.4 Å². The number of rotatable bonds is 7. The highest BCUT2D eigenvalue weighted by Crippen LogP contribution is 2.31. The number of carbonyl (C=O) groups excluding carboxylic acids is 3. The van der Waals surface area contributed by atoms with Crippen molar-refractivity contribution in [3.63, 3.8) is 0 Å². The molecular formula is C31H33BrN2O5. The Balaban J connectivity index is 1.30. The fraction of sp³-hybridized carbons (Fsp3) is 0.323. The second kappa shape index (κ2) is 11.6. The van der Waals surface area contributed by atoms with Crippen molar-refractivity contribution in [1.29, 1.82) is 0 Å². The Kier molecular flexibility index (Phi) is 8.45. The number of hydrogen-bond donors (Lipinski definition) is 1. The van der Waals surface area contributed by atoms with Crippen LogP contribution in [0.5, 0.6) is 11.5 Å². The molecule has 1 aliphatic heterocycles. The van der Waals surface area contributed by atoms with E-state index in [9.17, 15) is 14.4 Å². The lowest BCUT2D eigenvalue weighted by molar-refractivity contribution is -0.151. The van der Waals surface area contributed by atoms with Crippen molar-refractivity contribution >= 4 is 45.1 Å². The minimum absolute atomic E-state index is 0.0316. The van der Waals surface area contributed by atoms with Crippen LogP contribution in [0.4, 0.5) is 11.4 Å². The second-order valence-electron chi connectivity index (χ2n) is 10.8. The lowest BCUT2D eigenvalue weighted by Gasteiger charge is -2.19. The maximum Gasteiger partial charge on any atom is 0.311 e. The van der Waals surface area contributed by atoms with E-state index in [0.717, 1.165) is 21.3 Å². The fourth-order valence-electron chi connectivity index (χ4n) is 4.32. The highest BCUT2D eigenvalue weighted by Gasteiger charge is 2.36. The molecule has 0 bridgehead atoms. The molecule has 2 amide bonds. The van der Waals surface area contributed by atoms with Crippen LogP contribution in [-0.4, -0.2) is 30.9 Å². The molecule has 0 aromatic heterocycles. The summed E-state index contributed by atoms with van der Waals surface area (Å²) in [6.07, 6.45) is 0.0316. The molecule has 1 aliphatic rings. The van der Waals surface area contributed by atoms with E-state index in [-0.39, 0.29) is 24.3 Å². The van der Waals surface area contributed by atoms with Crippen LogP contribution in [0.1, 0.15) is 43.9 Å². The number of ether oxygens (including phenoxy) is 2. The summed E-state index contributed by atoms with van der Waals surface area (Å²) in [5.74, 6) is -0.438. The quantitative estimate of drug-likeness (QED) is 0.309. The Hall–Kier alpha value is -3.65. The lowest BCUT2D eigenvalue weighted by atomic mass is 9.87. The Morgan fingerprint density at radius 2 is 1.59 bits per heavy atom. The average molecular weight is 594 g/mol. The maximum atomic E-state index is 12.7. The van der Waals surface area contributed by atoms with Crippen LogP contribution in [0.3, 0.4) is 0 Å². The van der Waals surface area contributed by atoms with Gasteiger partial charge in [-0.05, 0) is 84.5 Å². The normalized spacial score (nSPS) is 15.3. The van der Waals surface area contributed by atoms with Gasteiger partial charge >= 0.3 is 5.97 Å². The molecular weight excluding hydrogens is 560 g/mol. The molecule has 39 heavy (non-hydrogen) atoms. The molecule has 3 aromatic carbocycles. The minimum atomic E-state index is -0.640. The van der Waals surface area contributed by atoms with Crippen LogP contribution >= 0.6 is 15.9 Å². The van der Waals surface area contributed by atoms with Gasteiger partial charge in [-0.1, -0.05) is 48.8 Å². The number of halogens is 1. The van der Waals surface area contributed by atoms with E-state index in [1.54, 1.807) is 29.2 Å². The molecule has 1 saturated heterocycles. The first-order valence-corrected chi connectivity index (χ1v) is 13.6. The van der Waals surface area contributed by atoms with Crippen LogP contribution in [0.15, 0.2) is 65.1 Å². The van der Waals surface area contributed by atoms with Crippen LogP contribution in [0.2, 0.25) is 0 Å². The number of nitrogens with one attached hydrogen (secondary N) is 1. The zero-order chi connectivity index (χ0) is 28.3. The molecule has 1 heterocycles.